The molecule has 0 aliphatic carbocycles. The Balaban J connectivity index is 2.32. The van der Waals surface area contributed by atoms with Gasteiger partial charge in [-0.05, 0) is 25.0 Å². The number of aliphatic carboxylic acids is 1. The molecule has 1 amide bonds. The molecule has 0 spiro atoms. The first kappa shape index (κ1) is 15.1. The molecular weight excluding hydrogens is 256 g/mol. The van der Waals surface area contributed by atoms with Gasteiger partial charge in [-0.25, -0.2) is 8.78 Å². The lowest BCUT2D eigenvalue weighted by atomic mass is 10.1. The second-order valence-corrected chi connectivity index (χ2v) is 4.06. The highest BCUT2D eigenvalue weighted by Crippen LogP contribution is 2.11. The summed E-state index contributed by atoms with van der Waals surface area (Å²) in [7, 11) is 0. The van der Waals surface area contributed by atoms with Gasteiger partial charge in [-0.1, -0.05) is 12.5 Å². The van der Waals surface area contributed by atoms with Crippen molar-refractivity contribution in [1.82, 2.24) is 5.32 Å². The van der Waals surface area contributed by atoms with E-state index in [4.69, 9.17) is 5.11 Å². The van der Waals surface area contributed by atoms with Crippen molar-refractivity contribution < 1.29 is 23.5 Å². The van der Waals surface area contributed by atoms with Crippen LogP contribution in [0.25, 0.3) is 0 Å². The Morgan fingerprint density at radius 1 is 1.16 bits per heavy atom. The van der Waals surface area contributed by atoms with Crippen LogP contribution in [0.5, 0.6) is 0 Å². The van der Waals surface area contributed by atoms with E-state index in [0.717, 1.165) is 6.07 Å². The number of nitrogens with one attached hydrogen (secondary N) is 1. The second-order valence-electron chi connectivity index (χ2n) is 4.06. The van der Waals surface area contributed by atoms with E-state index in [1.165, 1.54) is 12.1 Å². The highest BCUT2D eigenvalue weighted by atomic mass is 19.2. The van der Waals surface area contributed by atoms with E-state index >= 15 is 0 Å². The van der Waals surface area contributed by atoms with E-state index in [1.807, 2.05) is 0 Å². The monoisotopic (exact) mass is 271 g/mol. The third-order valence-electron chi connectivity index (χ3n) is 2.55. The van der Waals surface area contributed by atoms with Gasteiger partial charge in [-0.15, -0.1) is 0 Å². The summed E-state index contributed by atoms with van der Waals surface area (Å²) in [5.74, 6) is -3.75. The van der Waals surface area contributed by atoms with Gasteiger partial charge in [0.05, 0.1) is 5.56 Å². The van der Waals surface area contributed by atoms with Crippen LogP contribution in [-0.2, 0) is 4.79 Å². The number of unbranched alkanes of at least 4 members (excludes halogenated alkanes) is 2. The zero-order chi connectivity index (χ0) is 14.3. The quantitative estimate of drug-likeness (QED) is 0.748. The summed E-state index contributed by atoms with van der Waals surface area (Å²) >= 11 is 0. The van der Waals surface area contributed by atoms with Crippen LogP contribution in [0.4, 0.5) is 8.78 Å². The average molecular weight is 271 g/mol. The van der Waals surface area contributed by atoms with Crippen molar-refractivity contribution in [1.29, 1.82) is 0 Å². The first-order valence-corrected chi connectivity index (χ1v) is 5.96. The van der Waals surface area contributed by atoms with Crippen molar-refractivity contribution in [3.8, 4) is 0 Å². The summed E-state index contributed by atoms with van der Waals surface area (Å²) in [5, 5.41) is 10.9. The molecular formula is C13H15F2NO3. The van der Waals surface area contributed by atoms with Crippen molar-refractivity contribution in [2.24, 2.45) is 0 Å². The Bertz CT molecular complexity index is 463. The third kappa shape index (κ3) is 5.03. The lowest BCUT2D eigenvalue weighted by molar-refractivity contribution is -0.137. The first-order chi connectivity index (χ1) is 9.02. The smallest absolute Gasteiger partial charge is 0.303 e. The molecule has 0 radical (unpaired) electrons. The van der Waals surface area contributed by atoms with Crippen LogP contribution in [-0.4, -0.2) is 23.5 Å². The largest absolute Gasteiger partial charge is 0.481 e. The maximum Gasteiger partial charge on any atom is 0.303 e. The third-order valence-corrected chi connectivity index (χ3v) is 2.55. The predicted molar refractivity (Wildman–Crippen MR) is 64.8 cm³/mol. The van der Waals surface area contributed by atoms with Crippen molar-refractivity contribution in [2.45, 2.75) is 25.7 Å². The maximum absolute atomic E-state index is 13.3. The second kappa shape index (κ2) is 7.45. The minimum Gasteiger partial charge on any atom is -0.481 e. The zero-order valence-corrected chi connectivity index (χ0v) is 10.3. The molecule has 1 rings (SSSR count). The van der Waals surface area contributed by atoms with E-state index in [1.54, 1.807) is 0 Å². The topological polar surface area (TPSA) is 66.4 Å². The molecule has 104 valence electrons. The molecule has 0 bridgehead atoms. The molecule has 19 heavy (non-hydrogen) atoms. The minimum atomic E-state index is -1.16. The number of benzene rings is 1. The average Bonchev–Trinajstić information content (AvgIpc) is 2.36. The normalized spacial score (nSPS) is 10.2. The van der Waals surface area contributed by atoms with Gasteiger partial charge < -0.3 is 10.4 Å². The molecule has 0 aromatic heterocycles. The van der Waals surface area contributed by atoms with E-state index in [0.29, 0.717) is 25.8 Å². The Hall–Kier alpha value is -1.98. The molecule has 0 saturated carbocycles. The number of carboxylic acid groups (broad SMARTS) is 1. The van der Waals surface area contributed by atoms with Crippen molar-refractivity contribution >= 4 is 11.9 Å². The first-order valence-electron chi connectivity index (χ1n) is 5.96. The zero-order valence-electron chi connectivity index (χ0n) is 10.3. The molecule has 2 N–H and O–H groups in total. The van der Waals surface area contributed by atoms with Crippen LogP contribution in [0.3, 0.4) is 0 Å². The van der Waals surface area contributed by atoms with Gasteiger partial charge in [-0.3, -0.25) is 9.59 Å². The molecule has 0 fully saturated rings. The number of carbonyl (C=O) groups excluding carboxylic acids is 1. The molecule has 0 aliphatic rings. The molecule has 1 aromatic carbocycles. The summed E-state index contributed by atoms with van der Waals surface area (Å²) in [6, 6.07) is 3.41. The number of carboxylic acids is 1. The Kier molecular flexibility index (Phi) is 5.92. The fourth-order valence-electron chi connectivity index (χ4n) is 1.55. The molecule has 0 aliphatic heterocycles. The van der Waals surface area contributed by atoms with Crippen molar-refractivity contribution in [2.75, 3.05) is 6.54 Å². The maximum atomic E-state index is 13.3. The lowest BCUT2D eigenvalue weighted by Crippen LogP contribution is -2.25. The number of amides is 1. The van der Waals surface area contributed by atoms with Crippen LogP contribution < -0.4 is 5.32 Å². The van der Waals surface area contributed by atoms with Gasteiger partial charge in [0.25, 0.3) is 5.91 Å². The van der Waals surface area contributed by atoms with Gasteiger partial charge in [0.2, 0.25) is 0 Å². The number of carbonyl (C=O) groups is 2. The molecule has 0 saturated heterocycles. The number of rotatable bonds is 7. The summed E-state index contributed by atoms with van der Waals surface area (Å²) in [4.78, 5) is 21.8. The fraction of sp³-hybridized carbons (Fsp3) is 0.385. The molecule has 0 unspecified atom stereocenters. The van der Waals surface area contributed by atoms with Crippen molar-refractivity contribution in [3.05, 3.63) is 35.4 Å². The van der Waals surface area contributed by atoms with Crippen LogP contribution in [0.1, 0.15) is 36.0 Å². The van der Waals surface area contributed by atoms with Crippen LogP contribution in [0.2, 0.25) is 0 Å². The number of hydrogen-bond acceptors (Lipinski definition) is 2. The van der Waals surface area contributed by atoms with E-state index in [-0.39, 0.29) is 12.0 Å². The Labute approximate surface area is 109 Å². The standard InChI is InChI=1S/C13H15F2NO3/c14-10-6-4-5-9(12(10)15)13(19)16-8-3-1-2-7-11(17)18/h4-6H,1-3,7-8H2,(H,16,19)(H,17,18). The highest BCUT2D eigenvalue weighted by molar-refractivity contribution is 5.94. The number of hydrogen-bond donors (Lipinski definition) is 2. The predicted octanol–water partition coefficient (Wildman–Crippen LogP) is 2.34. The molecule has 6 heteroatoms. The molecule has 0 heterocycles. The lowest BCUT2D eigenvalue weighted by Gasteiger charge is -2.06. The Morgan fingerprint density at radius 2 is 1.89 bits per heavy atom. The SMILES string of the molecule is O=C(O)CCCCCNC(=O)c1cccc(F)c1F. The summed E-state index contributed by atoms with van der Waals surface area (Å²) in [6.45, 7) is 0.300. The van der Waals surface area contributed by atoms with Gasteiger partial charge in [-0.2, -0.15) is 0 Å². The van der Waals surface area contributed by atoms with Gasteiger partial charge in [0.1, 0.15) is 0 Å². The summed E-state index contributed by atoms with van der Waals surface area (Å²) in [6.07, 6.45) is 1.86. The van der Waals surface area contributed by atoms with Gasteiger partial charge in [0.15, 0.2) is 11.6 Å². The molecule has 4 nitrogen and oxygen atoms in total. The summed E-state index contributed by atoms with van der Waals surface area (Å²) < 4.78 is 26.2. The highest BCUT2D eigenvalue weighted by Gasteiger charge is 2.14. The minimum absolute atomic E-state index is 0.0898. The number of halogens is 2. The van der Waals surface area contributed by atoms with Gasteiger partial charge in [0, 0.05) is 13.0 Å². The molecule has 1 aromatic rings. The van der Waals surface area contributed by atoms with E-state index < -0.39 is 23.5 Å². The Morgan fingerprint density at radius 3 is 2.58 bits per heavy atom. The van der Waals surface area contributed by atoms with E-state index in [2.05, 4.69) is 5.32 Å². The van der Waals surface area contributed by atoms with Crippen molar-refractivity contribution in [3.63, 3.8) is 0 Å². The molecule has 0 atom stereocenters. The van der Waals surface area contributed by atoms with Crippen LogP contribution in [0, 0.1) is 11.6 Å². The van der Waals surface area contributed by atoms with Crippen LogP contribution in [0.15, 0.2) is 18.2 Å². The van der Waals surface area contributed by atoms with E-state index in [9.17, 15) is 18.4 Å². The van der Waals surface area contributed by atoms with Crippen LogP contribution >= 0.6 is 0 Å². The fourth-order valence-corrected chi connectivity index (χ4v) is 1.55. The summed E-state index contributed by atoms with van der Waals surface area (Å²) in [5.41, 5.74) is -0.328. The van der Waals surface area contributed by atoms with Gasteiger partial charge >= 0.3 is 5.97 Å².